The van der Waals surface area contributed by atoms with Gasteiger partial charge < -0.3 is 9.47 Å². The van der Waals surface area contributed by atoms with Crippen LogP contribution in [0.25, 0.3) is 21.5 Å². The molecule has 4 heteroatoms. The number of rotatable bonds is 5. The van der Waals surface area contributed by atoms with Crippen LogP contribution in [0.15, 0.2) is 59.1 Å². The Morgan fingerprint density at radius 1 is 0.938 bits per heavy atom. The second kappa shape index (κ2) is 8.74. The Bertz CT molecular complexity index is 1310. The molecule has 0 amide bonds. The third-order valence-electron chi connectivity index (χ3n) is 6.87. The minimum atomic E-state index is -0.126. The second-order valence-corrected chi connectivity index (χ2v) is 9.47. The predicted octanol–water partition coefficient (Wildman–Crippen LogP) is 7.96. The van der Waals surface area contributed by atoms with E-state index in [-0.39, 0.29) is 5.82 Å². The van der Waals surface area contributed by atoms with Crippen LogP contribution in [0.5, 0.6) is 11.5 Å². The zero-order valence-corrected chi connectivity index (χ0v) is 20.0. The molecule has 1 unspecified atom stereocenters. The van der Waals surface area contributed by atoms with Gasteiger partial charge in [0.15, 0.2) is 0 Å². The van der Waals surface area contributed by atoms with Crippen LogP contribution < -0.4 is 9.47 Å². The molecule has 1 aliphatic rings. The van der Waals surface area contributed by atoms with Crippen LogP contribution >= 0.6 is 15.9 Å². The summed E-state index contributed by atoms with van der Waals surface area (Å²) in [6.45, 7) is 0. The van der Waals surface area contributed by atoms with E-state index in [0.29, 0.717) is 5.92 Å². The van der Waals surface area contributed by atoms with Gasteiger partial charge in [-0.2, -0.15) is 0 Å². The molecule has 0 N–H and O–H groups in total. The number of hydrogen-bond acceptors (Lipinski definition) is 2. The fourth-order valence-corrected chi connectivity index (χ4v) is 5.65. The largest absolute Gasteiger partial charge is 0.496 e. The van der Waals surface area contributed by atoms with E-state index < -0.39 is 0 Å². The van der Waals surface area contributed by atoms with E-state index in [1.54, 1.807) is 20.3 Å². The highest BCUT2D eigenvalue weighted by molar-refractivity contribution is 9.10. The fraction of sp³-hybridized carbons (Fsp3) is 0.286. The minimum absolute atomic E-state index is 0.126. The Kier molecular flexibility index (Phi) is 5.81. The molecule has 2 nitrogen and oxygen atoms in total. The van der Waals surface area contributed by atoms with Crippen LogP contribution in [-0.4, -0.2) is 14.2 Å². The Morgan fingerprint density at radius 2 is 1.78 bits per heavy atom. The third-order valence-corrected chi connectivity index (χ3v) is 7.36. The van der Waals surface area contributed by atoms with Crippen LogP contribution in [0.3, 0.4) is 0 Å². The highest BCUT2D eigenvalue weighted by atomic mass is 79.9. The molecule has 4 aromatic rings. The maximum atomic E-state index is 14.3. The number of benzene rings is 4. The molecule has 0 bridgehead atoms. The molecule has 1 aliphatic carbocycles. The molecule has 1 atom stereocenters. The van der Waals surface area contributed by atoms with Gasteiger partial charge in [-0.3, -0.25) is 0 Å². The molecule has 32 heavy (non-hydrogen) atoms. The Hall–Kier alpha value is -2.59. The molecular weight excluding hydrogens is 467 g/mol. The molecule has 0 saturated heterocycles. The maximum absolute atomic E-state index is 14.3. The zero-order chi connectivity index (χ0) is 22.2. The van der Waals surface area contributed by atoms with E-state index in [0.717, 1.165) is 64.4 Å². The molecule has 0 fully saturated rings. The van der Waals surface area contributed by atoms with Crippen molar-refractivity contribution in [1.82, 2.24) is 0 Å². The Labute approximate surface area is 196 Å². The first-order valence-corrected chi connectivity index (χ1v) is 11.9. The van der Waals surface area contributed by atoms with Crippen LogP contribution in [0.2, 0.25) is 0 Å². The van der Waals surface area contributed by atoms with Gasteiger partial charge in [-0.15, -0.1) is 0 Å². The Morgan fingerprint density at radius 3 is 2.56 bits per heavy atom. The molecule has 0 radical (unpaired) electrons. The van der Waals surface area contributed by atoms with Crippen molar-refractivity contribution in [3.8, 4) is 11.5 Å². The summed E-state index contributed by atoms with van der Waals surface area (Å²) in [7, 11) is 3.42. The maximum Gasteiger partial charge on any atom is 0.131 e. The second-order valence-electron chi connectivity index (χ2n) is 8.55. The van der Waals surface area contributed by atoms with Gasteiger partial charge in [0.1, 0.15) is 17.3 Å². The van der Waals surface area contributed by atoms with Gasteiger partial charge in [-0.25, -0.2) is 4.39 Å². The molecule has 0 spiro atoms. The highest BCUT2D eigenvalue weighted by Crippen LogP contribution is 2.44. The molecular formula is C28H26BrFO2. The van der Waals surface area contributed by atoms with Crippen molar-refractivity contribution in [2.24, 2.45) is 0 Å². The molecule has 164 valence electrons. The minimum Gasteiger partial charge on any atom is -0.496 e. The van der Waals surface area contributed by atoms with Crippen LogP contribution in [0.4, 0.5) is 4.39 Å². The molecule has 4 aromatic carbocycles. The number of methoxy groups -OCH3 is 2. The Balaban J connectivity index is 1.58. The smallest absolute Gasteiger partial charge is 0.131 e. The van der Waals surface area contributed by atoms with Crippen LogP contribution in [0, 0.1) is 5.82 Å². The van der Waals surface area contributed by atoms with Gasteiger partial charge in [0, 0.05) is 4.47 Å². The molecule has 0 saturated carbocycles. The summed E-state index contributed by atoms with van der Waals surface area (Å²) in [5, 5.41) is 4.67. The van der Waals surface area contributed by atoms with E-state index in [1.807, 2.05) is 24.3 Å². The lowest BCUT2D eigenvalue weighted by atomic mass is 9.77. The number of hydrogen-bond donors (Lipinski definition) is 0. The van der Waals surface area contributed by atoms with Gasteiger partial charge in [0.05, 0.1) is 19.6 Å². The monoisotopic (exact) mass is 492 g/mol. The fourth-order valence-electron chi connectivity index (χ4n) is 5.32. The van der Waals surface area contributed by atoms with Gasteiger partial charge in [-0.1, -0.05) is 46.3 Å². The molecule has 0 aromatic heterocycles. The third kappa shape index (κ3) is 3.65. The number of ether oxygens (including phenoxy) is 2. The number of halogens is 2. The SMILES string of the molecule is COc1cccc2c1c(OC)cc1c3c(ccc12)C(CCc1ccc(Br)cc1F)CCC3. The molecule has 5 rings (SSSR count). The van der Waals surface area contributed by atoms with Crippen molar-refractivity contribution in [3.05, 3.63) is 81.6 Å². The first-order valence-electron chi connectivity index (χ1n) is 11.1. The van der Waals surface area contributed by atoms with Gasteiger partial charge >= 0.3 is 0 Å². The molecule has 0 aliphatic heterocycles. The summed E-state index contributed by atoms with van der Waals surface area (Å²) < 4.78 is 26.6. The lowest BCUT2D eigenvalue weighted by Gasteiger charge is -2.27. The van der Waals surface area contributed by atoms with Crippen molar-refractivity contribution < 1.29 is 13.9 Å². The van der Waals surface area contributed by atoms with Crippen molar-refractivity contribution >= 4 is 37.5 Å². The first kappa shape index (κ1) is 21.3. The number of aryl methyl sites for hydroxylation is 2. The van der Waals surface area contributed by atoms with Gasteiger partial charge in [0.25, 0.3) is 0 Å². The standard InChI is InChI=1S/C28H26BrFO2/c1-31-26-8-4-7-23-22-14-13-20-17(9-10-18-11-12-19(29)15-25(18)30)5-3-6-21(20)24(22)16-27(32-2)28(23)26/h4,7-8,11-17H,3,5-6,9-10H2,1-2H3. The average molecular weight is 493 g/mol. The summed E-state index contributed by atoms with van der Waals surface area (Å²) in [6, 6.07) is 18.3. The predicted molar refractivity (Wildman–Crippen MR) is 133 cm³/mol. The topological polar surface area (TPSA) is 18.5 Å². The highest BCUT2D eigenvalue weighted by Gasteiger charge is 2.24. The van der Waals surface area contributed by atoms with E-state index in [9.17, 15) is 4.39 Å². The van der Waals surface area contributed by atoms with Crippen molar-refractivity contribution in [3.63, 3.8) is 0 Å². The lowest BCUT2D eigenvalue weighted by Crippen LogP contribution is -2.12. The summed E-state index contributed by atoms with van der Waals surface area (Å²) in [5.74, 6) is 1.99. The summed E-state index contributed by atoms with van der Waals surface area (Å²) >= 11 is 3.35. The van der Waals surface area contributed by atoms with Gasteiger partial charge in [0.2, 0.25) is 0 Å². The number of fused-ring (bicyclic) bond motifs is 5. The quantitative estimate of drug-likeness (QED) is 0.263. The van der Waals surface area contributed by atoms with Crippen molar-refractivity contribution in [1.29, 1.82) is 0 Å². The summed E-state index contributed by atoms with van der Waals surface area (Å²) in [4.78, 5) is 0. The van der Waals surface area contributed by atoms with Crippen LogP contribution in [0.1, 0.15) is 41.9 Å². The van der Waals surface area contributed by atoms with Crippen molar-refractivity contribution in [2.75, 3.05) is 14.2 Å². The average Bonchev–Trinajstić information content (AvgIpc) is 2.82. The van der Waals surface area contributed by atoms with E-state index in [2.05, 4.69) is 40.2 Å². The van der Waals surface area contributed by atoms with Crippen molar-refractivity contribution in [2.45, 2.75) is 38.0 Å². The lowest BCUT2D eigenvalue weighted by molar-refractivity contribution is 0.405. The van der Waals surface area contributed by atoms with E-state index in [4.69, 9.17) is 9.47 Å². The van der Waals surface area contributed by atoms with E-state index >= 15 is 0 Å². The van der Waals surface area contributed by atoms with Gasteiger partial charge in [-0.05, 0) is 95.1 Å². The van der Waals surface area contributed by atoms with Crippen LogP contribution in [-0.2, 0) is 12.8 Å². The molecule has 0 heterocycles. The normalized spacial score (nSPS) is 15.7. The summed E-state index contributed by atoms with van der Waals surface area (Å²) in [5.41, 5.74) is 3.62. The first-order chi connectivity index (χ1) is 15.6. The van der Waals surface area contributed by atoms with E-state index in [1.165, 1.54) is 21.9 Å². The zero-order valence-electron chi connectivity index (χ0n) is 18.4. The summed E-state index contributed by atoms with van der Waals surface area (Å²) in [6.07, 6.45) is 5.07.